The van der Waals surface area contributed by atoms with E-state index in [2.05, 4.69) is 40.1 Å². The van der Waals surface area contributed by atoms with Crippen molar-refractivity contribution in [2.75, 3.05) is 41.7 Å². The van der Waals surface area contributed by atoms with Crippen LogP contribution in [0, 0.1) is 11.3 Å². The molecule has 1 heterocycles. The topological polar surface area (TPSA) is 56.3 Å². The first kappa shape index (κ1) is 13.3. The molecule has 0 atom stereocenters. The summed E-state index contributed by atoms with van der Waals surface area (Å²) in [4.78, 5) is 4.64. The van der Waals surface area contributed by atoms with Crippen LogP contribution in [0.25, 0.3) is 0 Å². The monoisotopic (exact) mass is 278 g/mol. The van der Waals surface area contributed by atoms with Crippen LogP contribution >= 0.6 is 0 Å². The molecule has 0 bridgehead atoms. The molecule has 1 aliphatic rings. The highest BCUT2D eigenvalue weighted by Gasteiger charge is 2.19. The minimum Gasteiger partial charge on any atom is -0.399 e. The maximum absolute atomic E-state index is 9.26. The molecule has 106 valence electrons. The average Bonchev–Trinajstić information content (AvgIpc) is 2.56. The quantitative estimate of drug-likeness (QED) is 0.857. The summed E-state index contributed by atoms with van der Waals surface area (Å²) in [6.07, 6.45) is 0. The van der Waals surface area contributed by atoms with E-state index in [9.17, 15) is 5.26 Å². The molecule has 0 aromatic heterocycles. The Balaban J connectivity index is 1.73. The van der Waals surface area contributed by atoms with Crippen LogP contribution in [0.4, 0.5) is 17.1 Å². The molecule has 0 amide bonds. The number of nitrogen functional groups attached to an aromatic ring is 1. The third-order valence-corrected chi connectivity index (χ3v) is 3.88. The zero-order valence-corrected chi connectivity index (χ0v) is 11.9. The highest BCUT2D eigenvalue weighted by atomic mass is 15.3. The number of hydrogen-bond acceptors (Lipinski definition) is 4. The van der Waals surface area contributed by atoms with Crippen molar-refractivity contribution < 1.29 is 0 Å². The Morgan fingerprint density at radius 2 is 1.57 bits per heavy atom. The fraction of sp³-hybridized carbons (Fsp3) is 0.235. The molecular formula is C17H18N4. The van der Waals surface area contributed by atoms with Crippen molar-refractivity contribution >= 4 is 17.1 Å². The van der Waals surface area contributed by atoms with Crippen LogP contribution in [0.5, 0.6) is 0 Å². The van der Waals surface area contributed by atoms with E-state index in [4.69, 9.17) is 5.73 Å². The summed E-state index contributed by atoms with van der Waals surface area (Å²) in [5.74, 6) is 0. The first-order valence-electron chi connectivity index (χ1n) is 7.12. The Morgan fingerprint density at radius 3 is 2.24 bits per heavy atom. The van der Waals surface area contributed by atoms with Gasteiger partial charge in [0.2, 0.25) is 0 Å². The lowest BCUT2D eigenvalue weighted by Gasteiger charge is -2.37. The molecule has 4 nitrogen and oxygen atoms in total. The van der Waals surface area contributed by atoms with Gasteiger partial charge in [0, 0.05) is 37.6 Å². The van der Waals surface area contributed by atoms with Crippen LogP contribution in [-0.2, 0) is 0 Å². The third kappa shape index (κ3) is 2.77. The predicted molar refractivity (Wildman–Crippen MR) is 86.4 cm³/mol. The molecule has 0 unspecified atom stereocenters. The summed E-state index contributed by atoms with van der Waals surface area (Å²) in [7, 11) is 0. The van der Waals surface area contributed by atoms with E-state index < -0.39 is 0 Å². The van der Waals surface area contributed by atoms with Gasteiger partial charge in [-0.05, 0) is 30.3 Å². The van der Waals surface area contributed by atoms with E-state index in [0.29, 0.717) is 11.3 Å². The molecular weight excluding hydrogens is 260 g/mol. The van der Waals surface area contributed by atoms with Gasteiger partial charge in [-0.1, -0.05) is 18.2 Å². The standard InChI is InChI=1S/C17H18N4/c18-13-14-12-15(19)6-7-17(14)21-10-8-20(9-11-21)16-4-2-1-3-5-16/h1-7,12H,8-11,19H2. The Labute approximate surface area is 125 Å². The second-order valence-electron chi connectivity index (χ2n) is 5.20. The SMILES string of the molecule is N#Cc1cc(N)ccc1N1CCN(c2ccccc2)CC1. The number of benzene rings is 2. The maximum Gasteiger partial charge on any atom is 0.101 e. The molecule has 4 heteroatoms. The Hall–Kier alpha value is -2.67. The largest absolute Gasteiger partial charge is 0.399 e. The molecule has 2 aromatic rings. The van der Waals surface area contributed by atoms with Crippen LogP contribution in [0.15, 0.2) is 48.5 Å². The molecule has 0 saturated carbocycles. The fourth-order valence-electron chi connectivity index (χ4n) is 2.76. The highest BCUT2D eigenvalue weighted by Crippen LogP contribution is 2.25. The van der Waals surface area contributed by atoms with Crippen molar-refractivity contribution in [2.45, 2.75) is 0 Å². The van der Waals surface area contributed by atoms with Gasteiger partial charge in [0.1, 0.15) is 6.07 Å². The van der Waals surface area contributed by atoms with Gasteiger partial charge < -0.3 is 15.5 Å². The second kappa shape index (κ2) is 5.76. The number of nitrogens with zero attached hydrogens (tertiary/aromatic N) is 3. The van der Waals surface area contributed by atoms with Crippen molar-refractivity contribution in [2.24, 2.45) is 0 Å². The molecule has 2 aromatic carbocycles. The van der Waals surface area contributed by atoms with Crippen molar-refractivity contribution in [1.82, 2.24) is 0 Å². The smallest absolute Gasteiger partial charge is 0.101 e. The van der Waals surface area contributed by atoms with Gasteiger partial charge in [0.05, 0.1) is 11.3 Å². The Bertz CT molecular complexity index is 652. The van der Waals surface area contributed by atoms with Crippen LogP contribution in [0.1, 0.15) is 5.56 Å². The number of hydrogen-bond donors (Lipinski definition) is 1. The molecule has 3 rings (SSSR count). The van der Waals surface area contributed by atoms with Crippen molar-refractivity contribution in [1.29, 1.82) is 5.26 Å². The first-order chi connectivity index (χ1) is 10.3. The summed E-state index contributed by atoms with van der Waals surface area (Å²) in [5.41, 5.74) is 9.29. The van der Waals surface area contributed by atoms with Gasteiger partial charge in [-0.25, -0.2) is 0 Å². The van der Waals surface area contributed by atoms with E-state index >= 15 is 0 Å². The van der Waals surface area contributed by atoms with Gasteiger partial charge in [-0.2, -0.15) is 5.26 Å². The lowest BCUT2D eigenvalue weighted by molar-refractivity contribution is 0.653. The van der Waals surface area contributed by atoms with Gasteiger partial charge in [0.15, 0.2) is 0 Å². The van der Waals surface area contributed by atoms with E-state index in [0.717, 1.165) is 31.9 Å². The zero-order valence-electron chi connectivity index (χ0n) is 11.9. The fourth-order valence-corrected chi connectivity index (χ4v) is 2.76. The molecule has 2 N–H and O–H groups in total. The van der Waals surface area contributed by atoms with E-state index in [1.54, 1.807) is 6.07 Å². The van der Waals surface area contributed by atoms with Gasteiger partial charge in [-0.15, -0.1) is 0 Å². The predicted octanol–water partition coefficient (Wildman–Crippen LogP) is 2.47. The van der Waals surface area contributed by atoms with Gasteiger partial charge in [0.25, 0.3) is 0 Å². The third-order valence-electron chi connectivity index (χ3n) is 3.88. The van der Waals surface area contributed by atoms with Gasteiger partial charge in [-0.3, -0.25) is 0 Å². The summed E-state index contributed by atoms with van der Waals surface area (Å²) in [5, 5.41) is 9.26. The lowest BCUT2D eigenvalue weighted by atomic mass is 10.1. The number of anilines is 3. The summed E-state index contributed by atoms with van der Waals surface area (Å²) >= 11 is 0. The molecule has 0 radical (unpaired) electrons. The number of piperazine rings is 1. The number of para-hydroxylation sites is 1. The van der Waals surface area contributed by atoms with E-state index in [1.165, 1.54) is 5.69 Å². The zero-order chi connectivity index (χ0) is 14.7. The van der Waals surface area contributed by atoms with Crippen LogP contribution in [-0.4, -0.2) is 26.2 Å². The normalized spacial score (nSPS) is 14.8. The number of nitriles is 1. The van der Waals surface area contributed by atoms with Crippen LogP contribution < -0.4 is 15.5 Å². The van der Waals surface area contributed by atoms with E-state index in [-0.39, 0.29) is 0 Å². The lowest BCUT2D eigenvalue weighted by Crippen LogP contribution is -2.46. The van der Waals surface area contributed by atoms with Crippen molar-refractivity contribution in [3.63, 3.8) is 0 Å². The maximum atomic E-state index is 9.26. The molecule has 1 saturated heterocycles. The van der Waals surface area contributed by atoms with Crippen molar-refractivity contribution in [3.8, 4) is 6.07 Å². The Kier molecular flexibility index (Phi) is 3.65. The molecule has 1 aliphatic heterocycles. The second-order valence-corrected chi connectivity index (χ2v) is 5.20. The molecule has 1 fully saturated rings. The summed E-state index contributed by atoms with van der Waals surface area (Å²) in [6, 6.07) is 18.2. The van der Waals surface area contributed by atoms with Crippen molar-refractivity contribution in [3.05, 3.63) is 54.1 Å². The van der Waals surface area contributed by atoms with Gasteiger partial charge >= 0.3 is 0 Å². The Morgan fingerprint density at radius 1 is 0.905 bits per heavy atom. The molecule has 0 aliphatic carbocycles. The molecule has 21 heavy (non-hydrogen) atoms. The van der Waals surface area contributed by atoms with E-state index in [1.807, 2.05) is 18.2 Å². The minimum absolute atomic E-state index is 0.637. The summed E-state index contributed by atoms with van der Waals surface area (Å²) in [6.45, 7) is 3.74. The highest BCUT2D eigenvalue weighted by molar-refractivity contribution is 5.65. The van der Waals surface area contributed by atoms with Crippen LogP contribution in [0.3, 0.4) is 0 Å². The molecule has 0 spiro atoms. The minimum atomic E-state index is 0.637. The first-order valence-corrected chi connectivity index (χ1v) is 7.12. The van der Waals surface area contributed by atoms with Crippen LogP contribution in [0.2, 0.25) is 0 Å². The number of rotatable bonds is 2. The summed E-state index contributed by atoms with van der Waals surface area (Å²) < 4.78 is 0. The average molecular weight is 278 g/mol. The number of nitrogens with two attached hydrogens (primary N) is 1.